The van der Waals surface area contributed by atoms with Gasteiger partial charge in [-0.2, -0.15) is 12.7 Å². The first-order valence-electron chi connectivity index (χ1n) is 20.1. The Bertz CT molecular complexity index is 2000. The number of likely N-dealkylation sites (tertiary alicyclic amines) is 1. The van der Waals surface area contributed by atoms with Crippen LogP contribution in [0, 0.1) is 11.8 Å². The van der Waals surface area contributed by atoms with Crippen molar-refractivity contribution in [3.05, 3.63) is 70.3 Å². The van der Waals surface area contributed by atoms with Crippen LogP contribution in [0.3, 0.4) is 0 Å². The fourth-order valence-corrected chi connectivity index (χ4v) is 10.2. The predicted octanol–water partition coefficient (Wildman–Crippen LogP) is 3.46. The Balaban J connectivity index is 1.27. The standard InChI is InChI=1S/C41H54ClF2N5O8S/c1-46-15-4-3-7-35(56-19-17-48-25-40(43,44)26-48)32-11-8-29(32)23-49-24-39(14-5-6-28-20-31(42)10-12-33(28)39)27-57-36-13-9-30(21-34(36)49)41(53,22-37(46)51)38(52)45-58(54,55)47(2)16-18-50/h3,7,9-10,12-13,20-21,29,32,35,50,53H,4-6,8,11,14-19,22-27H2,1-2H3,(H,45,52)/b7-3-/t29-,32+,35?,39-,41+/m0/s1. The number of nitrogens with zero attached hydrogens (tertiary/aromatic N) is 4. The highest BCUT2D eigenvalue weighted by molar-refractivity contribution is 7.87. The zero-order valence-corrected chi connectivity index (χ0v) is 34.6. The molecule has 7 rings (SSSR count). The number of fused-ring (bicyclic) bond motifs is 4. The van der Waals surface area contributed by atoms with Crippen LogP contribution in [0.1, 0.15) is 55.2 Å². The van der Waals surface area contributed by atoms with Crippen molar-refractivity contribution < 1.29 is 46.5 Å². The number of nitrogens with one attached hydrogen (secondary N) is 1. The number of hydrogen-bond acceptors (Lipinski definition) is 10. The summed E-state index contributed by atoms with van der Waals surface area (Å²) >= 11 is 6.47. The summed E-state index contributed by atoms with van der Waals surface area (Å²) in [5, 5.41) is 22.4. The SMILES string of the molecule is CN1CC/C=C\C(OCCN2CC(F)(F)C2)[C@@H]2CC[C@H]2CN2C[C@@]3(CCCc4cc(Cl)ccc43)COc3ccc(cc32)[C@@](O)(C(=O)NS(=O)(=O)N(C)CCO)CC1=O. The first-order chi connectivity index (χ1) is 27.5. The Labute approximate surface area is 344 Å². The largest absolute Gasteiger partial charge is 0.490 e. The van der Waals surface area contributed by atoms with E-state index in [2.05, 4.69) is 11.0 Å². The topological polar surface area (TPSA) is 152 Å². The van der Waals surface area contributed by atoms with Crippen molar-refractivity contribution in [2.45, 2.75) is 68.0 Å². The van der Waals surface area contributed by atoms with E-state index < -0.39 is 52.0 Å². The van der Waals surface area contributed by atoms with Crippen LogP contribution in [0.2, 0.25) is 5.02 Å². The first kappa shape index (κ1) is 42.7. The van der Waals surface area contributed by atoms with Gasteiger partial charge in [-0.15, -0.1) is 0 Å². The number of likely N-dealkylation sites (N-methyl/N-ethyl adjacent to an activating group) is 1. The molecule has 3 N–H and O–H groups in total. The maximum absolute atomic E-state index is 14.1. The average Bonchev–Trinajstić information content (AvgIpc) is 3.30. The van der Waals surface area contributed by atoms with Crippen LogP contribution in [0.15, 0.2) is 48.6 Å². The minimum absolute atomic E-state index is 0.0146. The molecule has 13 nitrogen and oxygen atoms in total. The monoisotopic (exact) mass is 849 g/mol. The molecule has 17 heteroatoms. The normalized spacial score (nSPS) is 29.4. The van der Waals surface area contributed by atoms with Gasteiger partial charge in [-0.1, -0.05) is 35.9 Å². The second-order valence-electron chi connectivity index (χ2n) is 16.7. The molecular weight excluding hydrogens is 796 g/mol. The van der Waals surface area contributed by atoms with Crippen LogP contribution in [-0.4, -0.2) is 136 Å². The number of hydrogen-bond donors (Lipinski definition) is 3. The number of benzene rings is 2. The molecule has 2 fully saturated rings. The van der Waals surface area contributed by atoms with Gasteiger partial charge in [-0.3, -0.25) is 14.5 Å². The Hall–Kier alpha value is -3.38. The highest BCUT2D eigenvalue weighted by Crippen LogP contribution is 2.48. The minimum atomic E-state index is -4.51. The van der Waals surface area contributed by atoms with Crippen molar-refractivity contribution in [1.29, 1.82) is 0 Å². The summed E-state index contributed by atoms with van der Waals surface area (Å²) in [4.78, 5) is 33.2. The molecule has 3 heterocycles. The molecule has 5 atom stereocenters. The van der Waals surface area contributed by atoms with E-state index in [4.69, 9.17) is 21.1 Å². The average molecular weight is 850 g/mol. The Morgan fingerprint density at radius 2 is 1.95 bits per heavy atom. The van der Waals surface area contributed by atoms with Crippen molar-refractivity contribution in [2.24, 2.45) is 11.8 Å². The lowest BCUT2D eigenvalue weighted by atomic mass is 9.68. The molecule has 318 valence electrons. The smallest absolute Gasteiger partial charge is 0.303 e. The van der Waals surface area contributed by atoms with E-state index in [1.807, 2.05) is 29.0 Å². The van der Waals surface area contributed by atoms with E-state index in [1.165, 1.54) is 18.0 Å². The van der Waals surface area contributed by atoms with Crippen molar-refractivity contribution in [3.63, 3.8) is 0 Å². The van der Waals surface area contributed by atoms with E-state index in [9.17, 15) is 37.0 Å². The zero-order valence-electron chi connectivity index (χ0n) is 33.0. The molecule has 2 aliphatic carbocycles. The minimum Gasteiger partial charge on any atom is -0.490 e. The molecule has 2 aromatic carbocycles. The molecule has 2 aromatic rings. The summed E-state index contributed by atoms with van der Waals surface area (Å²) in [5.41, 5.74) is -0.152. The molecule has 0 aromatic heterocycles. The van der Waals surface area contributed by atoms with E-state index in [0.29, 0.717) is 55.7 Å². The highest BCUT2D eigenvalue weighted by atomic mass is 35.5. The number of aryl methyl sites for hydroxylation is 1. The van der Waals surface area contributed by atoms with E-state index >= 15 is 0 Å². The van der Waals surface area contributed by atoms with Crippen molar-refractivity contribution in [3.8, 4) is 5.75 Å². The van der Waals surface area contributed by atoms with Crippen LogP contribution in [0.5, 0.6) is 5.75 Å². The molecule has 5 aliphatic rings. The molecule has 1 saturated heterocycles. The number of rotatable bonds is 9. The predicted molar refractivity (Wildman–Crippen MR) is 214 cm³/mol. The van der Waals surface area contributed by atoms with E-state index in [-0.39, 0.29) is 49.7 Å². The maximum Gasteiger partial charge on any atom is 0.303 e. The molecular formula is C41H54ClF2N5O8S. The third kappa shape index (κ3) is 8.89. The second-order valence-corrected chi connectivity index (χ2v) is 19.0. The number of halogens is 3. The lowest BCUT2D eigenvalue weighted by Crippen LogP contribution is -2.57. The number of carbonyl (C=O) groups excluding carboxylic acids is 2. The molecule has 1 spiro atoms. The van der Waals surface area contributed by atoms with Gasteiger partial charge in [0.15, 0.2) is 5.60 Å². The third-order valence-corrected chi connectivity index (χ3v) is 14.4. The molecule has 1 unspecified atom stereocenters. The van der Waals surface area contributed by atoms with Gasteiger partial charge in [0.1, 0.15) is 5.75 Å². The Morgan fingerprint density at radius 1 is 1.16 bits per heavy atom. The molecule has 58 heavy (non-hydrogen) atoms. The second kappa shape index (κ2) is 16.9. The number of anilines is 1. The van der Waals surface area contributed by atoms with Gasteiger partial charge >= 0.3 is 10.2 Å². The molecule has 2 bridgehead atoms. The summed E-state index contributed by atoms with van der Waals surface area (Å²) < 4.78 is 69.2. The van der Waals surface area contributed by atoms with Gasteiger partial charge in [-0.05, 0) is 91.3 Å². The zero-order chi connectivity index (χ0) is 41.5. The highest BCUT2D eigenvalue weighted by Gasteiger charge is 2.48. The molecule has 2 amide bonds. The molecule has 1 saturated carbocycles. The van der Waals surface area contributed by atoms with Gasteiger partial charge in [0.2, 0.25) is 5.91 Å². The first-order valence-corrected chi connectivity index (χ1v) is 21.9. The summed E-state index contributed by atoms with van der Waals surface area (Å²) in [7, 11) is -1.78. The van der Waals surface area contributed by atoms with E-state index in [0.717, 1.165) is 47.5 Å². The number of amides is 2. The number of alkyl halides is 2. The lowest BCUT2D eigenvalue weighted by Gasteiger charge is -2.46. The number of aliphatic hydroxyl groups excluding tert-OH is 1. The van der Waals surface area contributed by atoms with Crippen LogP contribution < -0.4 is 14.4 Å². The van der Waals surface area contributed by atoms with Crippen LogP contribution >= 0.6 is 11.6 Å². The van der Waals surface area contributed by atoms with Gasteiger partial charge < -0.3 is 29.5 Å². The van der Waals surface area contributed by atoms with Crippen LogP contribution in [0.4, 0.5) is 14.5 Å². The summed E-state index contributed by atoms with van der Waals surface area (Å²) in [5.74, 6) is -3.80. The third-order valence-electron chi connectivity index (χ3n) is 12.7. The van der Waals surface area contributed by atoms with Crippen molar-refractivity contribution >= 4 is 39.3 Å². The summed E-state index contributed by atoms with van der Waals surface area (Å²) in [6.45, 7) is 1.03. The Morgan fingerprint density at radius 3 is 2.67 bits per heavy atom. The molecule has 3 aliphatic heterocycles. The van der Waals surface area contributed by atoms with Gasteiger partial charge in [-0.25, -0.2) is 13.5 Å². The fraction of sp³-hybridized carbons (Fsp3) is 0.610. The van der Waals surface area contributed by atoms with Crippen molar-refractivity contribution in [2.75, 3.05) is 84.6 Å². The van der Waals surface area contributed by atoms with Crippen LogP contribution in [-0.2, 0) is 42.0 Å². The number of carbonyl (C=O) groups is 2. The van der Waals surface area contributed by atoms with Gasteiger partial charge in [0.05, 0.1) is 51.1 Å². The van der Waals surface area contributed by atoms with Gasteiger partial charge in [0, 0.05) is 57.3 Å². The number of aliphatic hydroxyl groups is 2. The van der Waals surface area contributed by atoms with E-state index in [1.54, 1.807) is 24.1 Å². The quantitative estimate of drug-likeness (QED) is 0.320. The summed E-state index contributed by atoms with van der Waals surface area (Å²) in [6.07, 6.45) is 7.75. The molecule has 0 radical (unpaired) electrons. The van der Waals surface area contributed by atoms with Crippen LogP contribution in [0.25, 0.3) is 0 Å². The van der Waals surface area contributed by atoms with Gasteiger partial charge in [0.25, 0.3) is 11.8 Å². The number of ether oxygens (including phenoxy) is 2. The fourth-order valence-electron chi connectivity index (χ4n) is 9.15. The van der Waals surface area contributed by atoms with Crippen molar-refractivity contribution in [1.82, 2.24) is 18.8 Å². The summed E-state index contributed by atoms with van der Waals surface area (Å²) in [6, 6.07) is 10.8. The lowest BCUT2D eigenvalue weighted by molar-refractivity contribution is -0.148. The Kier molecular flexibility index (Phi) is 12.5. The maximum atomic E-state index is 14.1.